The molecule has 0 aliphatic heterocycles. The molecule has 0 spiro atoms. The average molecular weight is 197 g/mol. The highest BCUT2D eigenvalue weighted by molar-refractivity contribution is 5.69. The number of alkyl halides is 2. The fraction of sp³-hybridized carbons (Fsp3) is 0.857. The Labute approximate surface area is 74.6 Å². The summed E-state index contributed by atoms with van der Waals surface area (Å²) in [6.45, 7) is 1.22. The molecule has 0 radical (unpaired) electrons. The van der Waals surface area contributed by atoms with Crippen LogP contribution >= 0.6 is 0 Å². The Morgan fingerprint density at radius 2 is 2.00 bits per heavy atom. The van der Waals surface area contributed by atoms with Gasteiger partial charge in [-0.25, -0.2) is 8.78 Å². The lowest BCUT2D eigenvalue weighted by Gasteiger charge is -2.12. The van der Waals surface area contributed by atoms with Gasteiger partial charge in [0.25, 0.3) is 6.43 Å². The molecule has 3 N–H and O–H groups in total. The number of carboxylic acids is 1. The number of carboxylic acid groups (broad SMARTS) is 1. The number of nitrogens with one attached hydrogen (secondary N) is 1. The van der Waals surface area contributed by atoms with Gasteiger partial charge in [-0.2, -0.15) is 0 Å². The summed E-state index contributed by atoms with van der Waals surface area (Å²) < 4.78 is 23.4. The SMILES string of the molecule is CC(CNCC(O)C(F)F)C(=O)O. The summed E-state index contributed by atoms with van der Waals surface area (Å²) in [5.41, 5.74) is 0. The standard InChI is InChI=1S/C7H13F2NO3/c1-4(7(12)13)2-10-3-5(11)6(8)9/h4-6,10-11H,2-3H2,1H3,(H,12,13). The Bertz CT molecular complexity index is 166. The van der Waals surface area contributed by atoms with Crippen LogP contribution in [0.2, 0.25) is 0 Å². The van der Waals surface area contributed by atoms with E-state index >= 15 is 0 Å². The van der Waals surface area contributed by atoms with Gasteiger partial charge >= 0.3 is 5.97 Å². The minimum Gasteiger partial charge on any atom is -0.481 e. The first-order chi connectivity index (χ1) is 5.95. The van der Waals surface area contributed by atoms with Gasteiger partial charge in [0.2, 0.25) is 0 Å². The third kappa shape index (κ3) is 5.48. The summed E-state index contributed by atoms with van der Waals surface area (Å²) in [6.07, 6.45) is -4.53. The van der Waals surface area contributed by atoms with E-state index in [9.17, 15) is 13.6 Å². The molecule has 4 nitrogen and oxygen atoms in total. The maximum Gasteiger partial charge on any atom is 0.307 e. The van der Waals surface area contributed by atoms with E-state index in [2.05, 4.69) is 5.32 Å². The molecule has 0 fully saturated rings. The second-order valence-corrected chi connectivity index (χ2v) is 2.80. The number of rotatable bonds is 6. The first-order valence-electron chi connectivity index (χ1n) is 3.85. The van der Waals surface area contributed by atoms with Gasteiger partial charge in [-0.15, -0.1) is 0 Å². The fourth-order valence-corrected chi connectivity index (χ4v) is 0.624. The molecule has 78 valence electrons. The van der Waals surface area contributed by atoms with Crippen LogP contribution in [0.25, 0.3) is 0 Å². The third-order valence-electron chi connectivity index (χ3n) is 1.52. The van der Waals surface area contributed by atoms with Gasteiger partial charge < -0.3 is 15.5 Å². The van der Waals surface area contributed by atoms with Crippen molar-refractivity contribution < 1.29 is 23.8 Å². The molecule has 6 heteroatoms. The lowest BCUT2D eigenvalue weighted by molar-refractivity contribution is -0.141. The van der Waals surface area contributed by atoms with E-state index in [-0.39, 0.29) is 13.1 Å². The van der Waals surface area contributed by atoms with Crippen molar-refractivity contribution >= 4 is 5.97 Å². The van der Waals surface area contributed by atoms with Crippen LogP contribution in [0.15, 0.2) is 0 Å². The molecule has 0 bridgehead atoms. The number of halogens is 2. The van der Waals surface area contributed by atoms with Crippen LogP contribution in [0.5, 0.6) is 0 Å². The van der Waals surface area contributed by atoms with Crippen molar-refractivity contribution in [3.05, 3.63) is 0 Å². The Kier molecular flexibility index (Phi) is 5.48. The van der Waals surface area contributed by atoms with E-state index < -0.39 is 24.4 Å². The zero-order valence-corrected chi connectivity index (χ0v) is 7.20. The van der Waals surface area contributed by atoms with Gasteiger partial charge in [0.1, 0.15) is 6.10 Å². The summed E-state index contributed by atoms with van der Waals surface area (Å²) >= 11 is 0. The first-order valence-corrected chi connectivity index (χ1v) is 3.85. The summed E-state index contributed by atoms with van der Waals surface area (Å²) in [7, 11) is 0. The van der Waals surface area contributed by atoms with Gasteiger partial charge in [-0.1, -0.05) is 6.92 Å². The molecule has 0 aliphatic rings. The molecular weight excluding hydrogens is 184 g/mol. The molecule has 0 aromatic heterocycles. The minimum absolute atomic E-state index is 0.0686. The van der Waals surface area contributed by atoms with Crippen molar-refractivity contribution in [3.63, 3.8) is 0 Å². The van der Waals surface area contributed by atoms with Crippen molar-refractivity contribution in [2.45, 2.75) is 19.5 Å². The van der Waals surface area contributed by atoms with E-state index in [0.29, 0.717) is 0 Å². The predicted octanol–water partition coefficient (Wildman–Crippen LogP) is -0.0773. The highest BCUT2D eigenvalue weighted by Crippen LogP contribution is 1.99. The maximum absolute atomic E-state index is 11.7. The zero-order chi connectivity index (χ0) is 10.4. The number of aliphatic carboxylic acids is 1. The number of hydrogen-bond acceptors (Lipinski definition) is 3. The summed E-state index contributed by atoms with van der Waals surface area (Å²) in [6, 6.07) is 0. The lowest BCUT2D eigenvalue weighted by Crippen LogP contribution is -2.35. The Hall–Kier alpha value is -0.750. The highest BCUT2D eigenvalue weighted by atomic mass is 19.3. The molecule has 0 heterocycles. The highest BCUT2D eigenvalue weighted by Gasteiger charge is 2.17. The molecule has 0 rings (SSSR count). The summed E-state index contributed by atoms with van der Waals surface area (Å²) in [4.78, 5) is 10.3. The molecule has 0 amide bonds. The zero-order valence-electron chi connectivity index (χ0n) is 7.20. The summed E-state index contributed by atoms with van der Waals surface area (Å²) in [5, 5.41) is 19.5. The van der Waals surface area contributed by atoms with E-state index in [1.807, 2.05) is 0 Å². The number of carbonyl (C=O) groups is 1. The van der Waals surface area contributed by atoms with Gasteiger partial charge in [0, 0.05) is 13.1 Å². The van der Waals surface area contributed by atoms with Crippen LogP contribution in [0.1, 0.15) is 6.92 Å². The van der Waals surface area contributed by atoms with Crippen molar-refractivity contribution in [2.75, 3.05) is 13.1 Å². The topological polar surface area (TPSA) is 69.6 Å². The molecule has 2 atom stereocenters. The molecular formula is C7H13F2NO3. The van der Waals surface area contributed by atoms with Crippen molar-refractivity contribution in [3.8, 4) is 0 Å². The van der Waals surface area contributed by atoms with E-state index in [1.165, 1.54) is 6.92 Å². The monoisotopic (exact) mass is 197 g/mol. The van der Waals surface area contributed by atoms with Crippen molar-refractivity contribution in [1.82, 2.24) is 5.32 Å². The largest absolute Gasteiger partial charge is 0.481 e. The minimum atomic E-state index is -2.80. The molecule has 0 aromatic rings. The Morgan fingerprint density at radius 1 is 1.46 bits per heavy atom. The smallest absolute Gasteiger partial charge is 0.307 e. The molecule has 0 saturated heterocycles. The molecule has 0 aromatic carbocycles. The Balaban J connectivity index is 3.50. The van der Waals surface area contributed by atoms with Crippen LogP contribution < -0.4 is 5.32 Å². The van der Waals surface area contributed by atoms with Gasteiger partial charge in [-0.05, 0) is 0 Å². The number of aliphatic hydroxyl groups excluding tert-OH is 1. The fourth-order valence-electron chi connectivity index (χ4n) is 0.624. The van der Waals surface area contributed by atoms with Crippen LogP contribution in [0, 0.1) is 5.92 Å². The quantitative estimate of drug-likeness (QED) is 0.557. The van der Waals surface area contributed by atoms with Crippen molar-refractivity contribution in [1.29, 1.82) is 0 Å². The number of hydrogen-bond donors (Lipinski definition) is 3. The molecule has 0 saturated carbocycles. The van der Waals surface area contributed by atoms with Crippen LogP contribution in [0.3, 0.4) is 0 Å². The van der Waals surface area contributed by atoms with Crippen LogP contribution in [-0.4, -0.2) is 41.8 Å². The Morgan fingerprint density at radius 3 is 2.38 bits per heavy atom. The van der Waals surface area contributed by atoms with E-state index in [0.717, 1.165) is 0 Å². The van der Waals surface area contributed by atoms with Crippen molar-refractivity contribution in [2.24, 2.45) is 5.92 Å². The third-order valence-corrected chi connectivity index (χ3v) is 1.52. The molecule has 0 aliphatic carbocycles. The second kappa shape index (κ2) is 5.82. The maximum atomic E-state index is 11.7. The van der Waals surface area contributed by atoms with Crippen LogP contribution in [-0.2, 0) is 4.79 Å². The lowest BCUT2D eigenvalue weighted by atomic mass is 10.2. The van der Waals surface area contributed by atoms with Crippen LogP contribution in [0.4, 0.5) is 8.78 Å². The molecule has 13 heavy (non-hydrogen) atoms. The molecule has 2 unspecified atom stereocenters. The number of aliphatic hydroxyl groups is 1. The van der Waals surface area contributed by atoms with Gasteiger partial charge in [-0.3, -0.25) is 4.79 Å². The van der Waals surface area contributed by atoms with E-state index in [4.69, 9.17) is 10.2 Å². The predicted molar refractivity (Wildman–Crippen MR) is 41.7 cm³/mol. The average Bonchev–Trinajstić information content (AvgIpc) is 2.03. The summed E-state index contributed by atoms with van der Waals surface area (Å²) in [5.74, 6) is -1.65. The second-order valence-electron chi connectivity index (χ2n) is 2.80. The first kappa shape index (κ1) is 12.2. The van der Waals surface area contributed by atoms with E-state index in [1.54, 1.807) is 0 Å². The normalized spacial score (nSPS) is 15.8. The van der Waals surface area contributed by atoms with Gasteiger partial charge in [0.05, 0.1) is 5.92 Å². The van der Waals surface area contributed by atoms with Gasteiger partial charge in [0.15, 0.2) is 0 Å².